The Hall–Kier alpha value is -0.100. The Bertz CT molecular complexity index is 286. The fraction of sp³-hybridized carbons (Fsp3) is 1.00. The Morgan fingerprint density at radius 3 is 1.17 bits per heavy atom. The summed E-state index contributed by atoms with van der Waals surface area (Å²) in [6.45, 7) is 3.95. The molecule has 0 aliphatic carbocycles. The molecule has 0 fully saturated rings. The molecule has 0 aromatic rings. The van der Waals surface area contributed by atoms with Crippen molar-refractivity contribution < 1.29 is 31.3 Å². The standard InChI is InChI=1S/C15H30F3O4P/c1-4-7-13(16)10-20-23(19,21-11-14(17)8-5-2)22-12-15(18)9-6-3/h13-15H,4-12H2,1-3H3. The maximum atomic E-state index is 13.5. The van der Waals surface area contributed by atoms with E-state index in [9.17, 15) is 17.7 Å². The first-order valence-corrected chi connectivity index (χ1v) is 9.78. The van der Waals surface area contributed by atoms with Crippen molar-refractivity contribution in [3.63, 3.8) is 0 Å². The number of hydrogen-bond acceptors (Lipinski definition) is 4. The highest BCUT2D eigenvalue weighted by Crippen LogP contribution is 2.50. The zero-order valence-electron chi connectivity index (χ0n) is 14.3. The van der Waals surface area contributed by atoms with E-state index in [0.717, 1.165) is 0 Å². The molecule has 0 saturated carbocycles. The third-order valence-corrected chi connectivity index (χ3v) is 4.44. The number of phosphoric ester groups is 1. The predicted molar refractivity (Wildman–Crippen MR) is 84.9 cm³/mol. The van der Waals surface area contributed by atoms with Gasteiger partial charge < -0.3 is 0 Å². The molecule has 0 aliphatic rings. The van der Waals surface area contributed by atoms with Crippen molar-refractivity contribution in [2.45, 2.75) is 77.8 Å². The Kier molecular flexibility index (Phi) is 13.2. The number of halogens is 3. The summed E-state index contributed by atoms with van der Waals surface area (Å²) in [6, 6.07) is 0. The van der Waals surface area contributed by atoms with Crippen LogP contribution >= 0.6 is 7.82 Å². The summed E-state index contributed by atoms with van der Waals surface area (Å²) in [6.07, 6.45) is -1.46. The Morgan fingerprint density at radius 1 is 0.696 bits per heavy atom. The van der Waals surface area contributed by atoms with Gasteiger partial charge in [-0.25, -0.2) is 17.7 Å². The summed E-state index contributed by atoms with van der Waals surface area (Å²) in [5, 5.41) is 0. The largest absolute Gasteiger partial charge is 0.475 e. The molecule has 0 spiro atoms. The van der Waals surface area contributed by atoms with E-state index >= 15 is 0 Å². The second-order valence-electron chi connectivity index (χ2n) is 5.49. The Morgan fingerprint density at radius 2 is 0.957 bits per heavy atom. The van der Waals surface area contributed by atoms with E-state index < -0.39 is 46.2 Å². The van der Waals surface area contributed by atoms with E-state index in [1.54, 1.807) is 20.8 Å². The minimum Gasteiger partial charge on any atom is -0.284 e. The molecule has 0 bridgehead atoms. The maximum absolute atomic E-state index is 13.5. The summed E-state index contributed by atoms with van der Waals surface area (Å²) in [5.41, 5.74) is 0. The Balaban J connectivity index is 4.52. The van der Waals surface area contributed by atoms with Gasteiger partial charge in [-0.3, -0.25) is 13.6 Å². The molecule has 0 aliphatic heterocycles. The fourth-order valence-corrected chi connectivity index (χ4v) is 3.07. The average Bonchev–Trinajstić information content (AvgIpc) is 2.50. The number of phosphoric acid groups is 1. The first kappa shape index (κ1) is 22.9. The molecule has 0 rings (SSSR count). The molecule has 0 radical (unpaired) electrons. The lowest BCUT2D eigenvalue weighted by Crippen LogP contribution is -2.17. The van der Waals surface area contributed by atoms with Crippen molar-refractivity contribution in [1.29, 1.82) is 0 Å². The van der Waals surface area contributed by atoms with Gasteiger partial charge in [-0.2, -0.15) is 0 Å². The van der Waals surface area contributed by atoms with Crippen molar-refractivity contribution >= 4 is 7.82 Å². The van der Waals surface area contributed by atoms with E-state index in [0.29, 0.717) is 19.3 Å². The second kappa shape index (κ2) is 13.2. The zero-order chi connectivity index (χ0) is 17.7. The number of alkyl halides is 3. The highest BCUT2D eigenvalue weighted by atomic mass is 31.2. The summed E-state index contributed by atoms with van der Waals surface area (Å²) >= 11 is 0. The maximum Gasteiger partial charge on any atom is 0.475 e. The van der Waals surface area contributed by atoms with Gasteiger partial charge >= 0.3 is 7.82 Å². The normalized spacial score (nSPS) is 18.3. The lowest BCUT2D eigenvalue weighted by Gasteiger charge is -2.20. The molecule has 0 aromatic heterocycles. The molecule has 4 nitrogen and oxygen atoms in total. The van der Waals surface area contributed by atoms with Crippen molar-refractivity contribution in [3.05, 3.63) is 0 Å². The lowest BCUT2D eigenvalue weighted by atomic mass is 10.2. The molecule has 8 heteroatoms. The smallest absolute Gasteiger partial charge is 0.284 e. The van der Waals surface area contributed by atoms with Crippen LogP contribution in [-0.2, 0) is 18.1 Å². The molecule has 3 unspecified atom stereocenters. The molecule has 0 N–H and O–H groups in total. The van der Waals surface area contributed by atoms with Gasteiger partial charge in [-0.15, -0.1) is 0 Å². The summed E-state index contributed by atoms with van der Waals surface area (Å²) in [5.74, 6) is 0. The summed E-state index contributed by atoms with van der Waals surface area (Å²) in [7, 11) is -4.17. The van der Waals surface area contributed by atoms with Gasteiger partial charge in [0.05, 0.1) is 19.8 Å². The monoisotopic (exact) mass is 362 g/mol. The van der Waals surface area contributed by atoms with Gasteiger partial charge in [-0.05, 0) is 19.3 Å². The zero-order valence-corrected chi connectivity index (χ0v) is 15.2. The van der Waals surface area contributed by atoms with E-state index in [-0.39, 0.29) is 19.3 Å². The molecule has 140 valence electrons. The van der Waals surface area contributed by atoms with Crippen molar-refractivity contribution in [2.24, 2.45) is 0 Å². The van der Waals surface area contributed by atoms with Crippen LogP contribution in [0, 0.1) is 0 Å². The van der Waals surface area contributed by atoms with E-state index in [1.807, 2.05) is 0 Å². The van der Waals surface area contributed by atoms with Gasteiger partial charge in [-0.1, -0.05) is 40.0 Å². The van der Waals surface area contributed by atoms with Gasteiger partial charge in [0.15, 0.2) is 0 Å². The average molecular weight is 362 g/mol. The van der Waals surface area contributed by atoms with Crippen molar-refractivity contribution in [2.75, 3.05) is 19.8 Å². The van der Waals surface area contributed by atoms with Gasteiger partial charge in [0.1, 0.15) is 18.5 Å². The highest BCUT2D eigenvalue weighted by molar-refractivity contribution is 7.48. The van der Waals surface area contributed by atoms with Crippen LogP contribution in [0.25, 0.3) is 0 Å². The molecular formula is C15H30F3O4P. The van der Waals surface area contributed by atoms with Crippen LogP contribution in [0.2, 0.25) is 0 Å². The Labute approximate surface area is 137 Å². The SMILES string of the molecule is CCCC(F)COP(=O)(OCC(F)CCC)OCC(F)CCC. The van der Waals surface area contributed by atoms with Crippen LogP contribution in [0.15, 0.2) is 0 Å². The number of hydrogen-bond donors (Lipinski definition) is 0. The van der Waals surface area contributed by atoms with Crippen LogP contribution in [0.3, 0.4) is 0 Å². The molecule has 0 aromatic carbocycles. The van der Waals surface area contributed by atoms with Crippen LogP contribution in [-0.4, -0.2) is 38.3 Å². The van der Waals surface area contributed by atoms with Gasteiger partial charge in [0.2, 0.25) is 0 Å². The van der Waals surface area contributed by atoms with Crippen LogP contribution < -0.4 is 0 Å². The third kappa shape index (κ3) is 12.0. The van der Waals surface area contributed by atoms with Crippen molar-refractivity contribution in [3.8, 4) is 0 Å². The van der Waals surface area contributed by atoms with Crippen LogP contribution in [0.4, 0.5) is 13.2 Å². The predicted octanol–water partition coefficient (Wildman–Crippen LogP) is 5.56. The first-order chi connectivity index (χ1) is 10.9. The van der Waals surface area contributed by atoms with E-state index in [1.165, 1.54) is 0 Å². The topological polar surface area (TPSA) is 44.8 Å². The third-order valence-electron chi connectivity index (χ3n) is 3.05. The fourth-order valence-electron chi connectivity index (χ4n) is 1.82. The van der Waals surface area contributed by atoms with Crippen molar-refractivity contribution in [1.82, 2.24) is 0 Å². The van der Waals surface area contributed by atoms with Crippen LogP contribution in [0.5, 0.6) is 0 Å². The summed E-state index contributed by atoms with van der Waals surface area (Å²) in [4.78, 5) is 0. The second-order valence-corrected chi connectivity index (χ2v) is 7.16. The quantitative estimate of drug-likeness (QED) is 0.358. The number of rotatable bonds is 15. The minimum absolute atomic E-state index is 0.239. The van der Waals surface area contributed by atoms with Gasteiger partial charge in [0.25, 0.3) is 0 Å². The first-order valence-electron chi connectivity index (χ1n) is 8.32. The molecule has 3 atom stereocenters. The summed E-state index contributed by atoms with van der Waals surface area (Å²) < 4.78 is 67.5. The minimum atomic E-state index is -4.17. The molecule has 0 amide bonds. The molecule has 0 heterocycles. The van der Waals surface area contributed by atoms with Crippen LogP contribution in [0.1, 0.15) is 59.3 Å². The molecule has 23 heavy (non-hydrogen) atoms. The van der Waals surface area contributed by atoms with Gasteiger partial charge in [0, 0.05) is 0 Å². The molecule has 0 saturated heterocycles. The van der Waals surface area contributed by atoms with E-state index in [4.69, 9.17) is 13.6 Å². The molecular weight excluding hydrogens is 332 g/mol. The lowest BCUT2D eigenvalue weighted by molar-refractivity contribution is 0.0574. The van der Waals surface area contributed by atoms with E-state index in [2.05, 4.69) is 0 Å². The highest BCUT2D eigenvalue weighted by Gasteiger charge is 2.30.